The molecular weight excluding hydrogens is 226 g/mol. The van der Waals surface area contributed by atoms with Crippen LogP contribution in [0.2, 0.25) is 0 Å². The summed E-state index contributed by atoms with van der Waals surface area (Å²) in [5.74, 6) is 1.80. The van der Waals surface area contributed by atoms with Crippen molar-refractivity contribution < 1.29 is 0 Å². The molecule has 2 aromatic rings. The highest BCUT2D eigenvalue weighted by atomic mass is 32.2. The third-order valence-electron chi connectivity index (χ3n) is 1.70. The number of hydrogen-bond acceptors (Lipinski definition) is 4. The number of rotatable bonds is 4. The molecule has 2 rings (SSSR count). The summed E-state index contributed by atoms with van der Waals surface area (Å²) in [4.78, 5) is 5.53. The molecule has 0 aromatic carbocycles. The van der Waals surface area contributed by atoms with Crippen LogP contribution in [0.15, 0.2) is 22.7 Å². The standard InChI is InChI=1S/C10H11N3S2/c1-2-14-10-11-9(12-13-10)6-5-8-4-3-7-15-8/h3-7H,2H2,1H3,(H,11,12,13)/b6-5+. The number of hydrogen-bond donors (Lipinski definition) is 1. The number of thiophene rings is 1. The van der Waals surface area contributed by atoms with Crippen LogP contribution in [-0.2, 0) is 0 Å². The van der Waals surface area contributed by atoms with E-state index in [4.69, 9.17) is 0 Å². The van der Waals surface area contributed by atoms with Crippen molar-refractivity contribution in [3.8, 4) is 0 Å². The van der Waals surface area contributed by atoms with Crippen LogP contribution in [0.1, 0.15) is 17.6 Å². The summed E-state index contributed by atoms with van der Waals surface area (Å²) in [7, 11) is 0. The van der Waals surface area contributed by atoms with E-state index in [0.717, 1.165) is 16.7 Å². The van der Waals surface area contributed by atoms with Gasteiger partial charge in [0.1, 0.15) is 5.82 Å². The van der Waals surface area contributed by atoms with Gasteiger partial charge in [0.05, 0.1) is 0 Å². The molecule has 1 N–H and O–H groups in total. The van der Waals surface area contributed by atoms with Crippen molar-refractivity contribution in [2.24, 2.45) is 0 Å². The van der Waals surface area contributed by atoms with Crippen LogP contribution in [0.25, 0.3) is 12.2 Å². The van der Waals surface area contributed by atoms with Crippen molar-refractivity contribution in [1.82, 2.24) is 15.2 Å². The van der Waals surface area contributed by atoms with E-state index in [1.54, 1.807) is 23.1 Å². The molecule has 5 heteroatoms. The second-order valence-corrected chi connectivity index (χ2v) is 5.00. The molecule has 0 fully saturated rings. The monoisotopic (exact) mass is 237 g/mol. The number of aromatic nitrogens is 3. The van der Waals surface area contributed by atoms with Crippen molar-refractivity contribution in [1.29, 1.82) is 0 Å². The van der Waals surface area contributed by atoms with Crippen molar-refractivity contribution in [3.05, 3.63) is 28.2 Å². The van der Waals surface area contributed by atoms with Crippen LogP contribution in [-0.4, -0.2) is 20.9 Å². The molecular formula is C10H11N3S2. The summed E-state index contributed by atoms with van der Waals surface area (Å²) in [6.07, 6.45) is 3.98. The zero-order chi connectivity index (χ0) is 10.5. The van der Waals surface area contributed by atoms with Crippen molar-refractivity contribution in [3.63, 3.8) is 0 Å². The number of nitrogens with zero attached hydrogens (tertiary/aromatic N) is 2. The average Bonchev–Trinajstić information content (AvgIpc) is 2.85. The first-order valence-corrected chi connectivity index (χ1v) is 6.52. The number of aromatic amines is 1. The van der Waals surface area contributed by atoms with Crippen LogP contribution < -0.4 is 0 Å². The van der Waals surface area contributed by atoms with E-state index in [0.29, 0.717) is 0 Å². The third kappa shape index (κ3) is 2.94. The number of H-pyrrole nitrogens is 1. The van der Waals surface area contributed by atoms with Gasteiger partial charge in [-0.05, 0) is 29.4 Å². The lowest BCUT2D eigenvalue weighted by Crippen LogP contribution is -1.75. The summed E-state index contributed by atoms with van der Waals surface area (Å²) in [5, 5.41) is 9.84. The summed E-state index contributed by atoms with van der Waals surface area (Å²) < 4.78 is 0. The summed E-state index contributed by atoms with van der Waals surface area (Å²) >= 11 is 3.34. The fraction of sp³-hybridized carbons (Fsp3) is 0.200. The molecule has 2 heterocycles. The van der Waals surface area contributed by atoms with Crippen LogP contribution >= 0.6 is 23.1 Å². The highest BCUT2D eigenvalue weighted by molar-refractivity contribution is 7.99. The van der Waals surface area contributed by atoms with Gasteiger partial charge in [0.15, 0.2) is 0 Å². The predicted molar refractivity (Wildman–Crippen MR) is 66.0 cm³/mol. The highest BCUT2D eigenvalue weighted by Gasteiger charge is 1.98. The van der Waals surface area contributed by atoms with E-state index >= 15 is 0 Å². The molecule has 0 aliphatic carbocycles. The third-order valence-corrected chi connectivity index (χ3v) is 3.27. The summed E-state index contributed by atoms with van der Waals surface area (Å²) in [6, 6.07) is 4.10. The zero-order valence-electron chi connectivity index (χ0n) is 8.30. The largest absolute Gasteiger partial charge is 0.259 e. The summed E-state index contributed by atoms with van der Waals surface area (Å²) in [6.45, 7) is 2.09. The summed E-state index contributed by atoms with van der Waals surface area (Å²) in [5.41, 5.74) is 0. The van der Waals surface area contributed by atoms with Gasteiger partial charge in [-0.25, -0.2) is 4.98 Å². The lowest BCUT2D eigenvalue weighted by atomic mass is 10.4. The molecule has 0 spiro atoms. The van der Waals surface area contributed by atoms with Crippen molar-refractivity contribution in [2.45, 2.75) is 12.1 Å². The molecule has 3 nitrogen and oxygen atoms in total. The van der Waals surface area contributed by atoms with Crippen LogP contribution in [0.5, 0.6) is 0 Å². The van der Waals surface area contributed by atoms with E-state index in [9.17, 15) is 0 Å². The predicted octanol–water partition coefficient (Wildman–Crippen LogP) is 3.15. The van der Waals surface area contributed by atoms with E-state index in [-0.39, 0.29) is 0 Å². The minimum atomic E-state index is 0.805. The van der Waals surface area contributed by atoms with Crippen LogP contribution in [0, 0.1) is 0 Å². The fourth-order valence-electron chi connectivity index (χ4n) is 1.07. The van der Waals surface area contributed by atoms with Gasteiger partial charge in [-0.3, -0.25) is 5.10 Å². The molecule has 0 saturated carbocycles. The normalized spacial score (nSPS) is 11.3. The number of thioether (sulfide) groups is 1. The zero-order valence-corrected chi connectivity index (χ0v) is 9.94. The van der Waals surface area contributed by atoms with Gasteiger partial charge in [0.2, 0.25) is 5.16 Å². The van der Waals surface area contributed by atoms with E-state index < -0.39 is 0 Å². The first-order chi connectivity index (χ1) is 7.38. The molecule has 0 atom stereocenters. The smallest absolute Gasteiger partial charge is 0.208 e. The molecule has 0 aliphatic rings. The Morgan fingerprint density at radius 2 is 2.47 bits per heavy atom. The lowest BCUT2D eigenvalue weighted by molar-refractivity contribution is 0.973. The molecule has 0 saturated heterocycles. The first kappa shape index (κ1) is 10.4. The number of nitrogens with one attached hydrogen (secondary N) is 1. The second-order valence-electron chi connectivity index (χ2n) is 2.78. The molecule has 0 bridgehead atoms. The van der Waals surface area contributed by atoms with Gasteiger partial charge in [-0.1, -0.05) is 24.8 Å². The Morgan fingerprint density at radius 3 is 3.20 bits per heavy atom. The van der Waals surface area contributed by atoms with Crippen LogP contribution in [0.4, 0.5) is 0 Å². The van der Waals surface area contributed by atoms with Gasteiger partial charge in [-0.2, -0.15) is 0 Å². The molecule has 78 valence electrons. The molecule has 0 amide bonds. The minimum absolute atomic E-state index is 0.805. The van der Waals surface area contributed by atoms with Gasteiger partial charge in [0, 0.05) is 4.88 Å². The first-order valence-electron chi connectivity index (χ1n) is 4.65. The van der Waals surface area contributed by atoms with Gasteiger partial charge in [0.25, 0.3) is 0 Å². The molecule has 15 heavy (non-hydrogen) atoms. The van der Waals surface area contributed by atoms with Gasteiger partial charge in [-0.15, -0.1) is 16.4 Å². The van der Waals surface area contributed by atoms with E-state index in [1.165, 1.54) is 4.88 Å². The van der Waals surface area contributed by atoms with Crippen LogP contribution in [0.3, 0.4) is 0 Å². The highest BCUT2D eigenvalue weighted by Crippen LogP contribution is 2.14. The fourth-order valence-corrected chi connectivity index (χ4v) is 2.22. The van der Waals surface area contributed by atoms with Crippen molar-refractivity contribution >= 4 is 35.3 Å². The minimum Gasteiger partial charge on any atom is -0.259 e. The Labute approximate surface area is 96.6 Å². The average molecular weight is 237 g/mol. The lowest BCUT2D eigenvalue weighted by Gasteiger charge is -1.84. The molecule has 0 unspecified atom stereocenters. The maximum absolute atomic E-state index is 4.31. The maximum atomic E-state index is 4.31. The Morgan fingerprint density at radius 1 is 1.53 bits per heavy atom. The van der Waals surface area contributed by atoms with Crippen molar-refractivity contribution in [2.75, 3.05) is 5.75 Å². The topological polar surface area (TPSA) is 41.6 Å². The quantitative estimate of drug-likeness (QED) is 0.831. The van der Waals surface area contributed by atoms with Gasteiger partial charge < -0.3 is 0 Å². The Bertz CT molecular complexity index is 431. The molecule has 0 radical (unpaired) electrons. The molecule has 2 aromatic heterocycles. The Kier molecular flexibility index (Phi) is 3.58. The van der Waals surface area contributed by atoms with E-state index in [2.05, 4.69) is 33.6 Å². The second kappa shape index (κ2) is 5.14. The molecule has 0 aliphatic heterocycles. The Balaban J connectivity index is 2.04. The van der Waals surface area contributed by atoms with Gasteiger partial charge >= 0.3 is 0 Å². The van der Waals surface area contributed by atoms with E-state index in [1.807, 2.05) is 18.2 Å². The Hall–Kier alpha value is -1.07. The SMILES string of the molecule is CCSc1n[nH]c(/C=C/c2cccs2)n1. The maximum Gasteiger partial charge on any atom is 0.208 e.